The van der Waals surface area contributed by atoms with Gasteiger partial charge < -0.3 is 15.4 Å². The van der Waals surface area contributed by atoms with E-state index >= 15 is 0 Å². The number of hydrogen-bond acceptors (Lipinski definition) is 4. The molecule has 1 aromatic heterocycles. The smallest absolute Gasteiger partial charge is 0.132 e. The Morgan fingerprint density at radius 1 is 1.57 bits per heavy atom. The van der Waals surface area contributed by atoms with E-state index in [1.807, 2.05) is 24.1 Å². The number of methoxy groups -OCH3 is 1. The van der Waals surface area contributed by atoms with Crippen LogP contribution in [-0.2, 0) is 11.3 Å². The molecule has 4 heteroatoms. The lowest BCUT2D eigenvalue weighted by atomic mass is 10.2. The van der Waals surface area contributed by atoms with E-state index < -0.39 is 0 Å². The van der Waals surface area contributed by atoms with Crippen LogP contribution < -0.4 is 10.6 Å². The molecule has 1 rings (SSSR count). The highest BCUT2D eigenvalue weighted by molar-refractivity contribution is 5.45. The average molecular weight is 195 g/mol. The van der Waals surface area contributed by atoms with Crippen molar-refractivity contribution in [2.45, 2.75) is 6.54 Å². The molecule has 4 nitrogen and oxygen atoms in total. The van der Waals surface area contributed by atoms with Crippen LogP contribution in [0.25, 0.3) is 0 Å². The van der Waals surface area contributed by atoms with Crippen molar-refractivity contribution in [3.63, 3.8) is 0 Å². The van der Waals surface area contributed by atoms with Crippen LogP contribution in [0.1, 0.15) is 5.56 Å². The molecular weight excluding hydrogens is 178 g/mol. The van der Waals surface area contributed by atoms with E-state index in [1.165, 1.54) is 0 Å². The lowest BCUT2D eigenvalue weighted by molar-refractivity contribution is 0.206. The molecule has 0 aromatic carbocycles. The number of hydrogen-bond donors (Lipinski definition) is 1. The molecule has 0 unspecified atom stereocenters. The highest BCUT2D eigenvalue weighted by Crippen LogP contribution is 2.14. The van der Waals surface area contributed by atoms with Gasteiger partial charge in [0, 0.05) is 39.0 Å². The van der Waals surface area contributed by atoms with Crippen LogP contribution in [0.4, 0.5) is 5.82 Å². The summed E-state index contributed by atoms with van der Waals surface area (Å²) in [6.45, 7) is 2.03. The molecule has 0 spiro atoms. The van der Waals surface area contributed by atoms with E-state index in [-0.39, 0.29) is 0 Å². The molecule has 0 aliphatic heterocycles. The van der Waals surface area contributed by atoms with Crippen LogP contribution in [0.15, 0.2) is 18.3 Å². The molecule has 0 fully saturated rings. The monoisotopic (exact) mass is 195 g/mol. The summed E-state index contributed by atoms with van der Waals surface area (Å²) in [6, 6.07) is 3.89. The van der Waals surface area contributed by atoms with E-state index in [4.69, 9.17) is 10.5 Å². The summed E-state index contributed by atoms with van der Waals surface area (Å²) in [4.78, 5) is 6.34. The van der Waals surface area contributed by atoms with Gasteiger partial charge in [-0.25, -0.2) is 4.98 Å². The Hall–Kier alpha value is -1.13. The third-order valence-electron chi connectivity index (χ3n) is 2.08. The molecule has 0 saturated heterocycles. The summed E-state index contributed by atoms with van der Waals surface area (Å²) >= 11 is 0. The van der Waals surface area contributed by atoms with Gasteiger partial charge in [-0.05, 0) is 6.07 Å². The molecule has 0 atom stereocenters. The maximum atomic E-state index is 5.62. The van der Waals surface area contributed by atoms with E-state index in [0.29, 0.717) is 13.2 Å². The minimum Gasteiger partial charge on any atom is -0.383 e. The zero-order chi connectivity index (χ0) is 10.4. The third-order valence-corrected chi connectivity index (χ3v) is 2.08. The second kappa shape index (κ2) is 5.57. The van der Waals surface area contributed by atoms with Crippen molar-refractivity contribution >= 4 is 5.82 Å². The SMILES string of the molecule is COCCN(C)c1ncccc1CN. The van der Waals surface area contributed by atoms with E-state index in [2.05, 4.69) is 4.98 Å². The van der Waals surface area contributed by atoms with Crippen LogP contribution in [0.3, 0.4) is 0 Å². The zero-order valence-electron chi connectivity index (χ0n) is 8.73. The second-order valence-electron chi connectivity index (χ2n) is 3.10. The summed E-state index contributed by atoms with van der Waals surface area (Å²) in [5, 5.41) is 0. The molecule has 14 heavy (non-hydrogen) atoms. The van der Waals surface area contributed by atoms with Crippen molar-refractivity contribution in [3.05, 3.63) is 23.9 Å². The summed E-state index contributed by atoms with van der Waals surface area (Å²) in [5.41, 5.74) is 6.68. The number of likely N-dealkylation sites (N-methyl/N-ethyl adjacent to an activating group) is 1. The lowest BCUT2D eigenvalue weighted by Crippen LogP contribution is -2.24. The molecule has 0 bridgehead atoms. The largest absolute Gasteiger partial charge is 0.383 e. The van der Waals surface area contributed by atoms with Gasteiger partial charge in [-0.3, -0.25) is 0 Å². The summed E-state index contributed by atoms with van der Waals surface area (Å²) in [6.07, 6.45) is 1.78. The van der Waals surface area contributed by atoms with E-state index in [0.717, 1.165) is 17.9 Å². The van der Waals surface area contributed by atoms with Gasteiger partial charge in [-0.2, -0.15) is 0 Å². The first-order valence-electron chi connectivity index (χ1n) is 4.63. The highest BCUT2D eigenvalue weighted by atomic mass is 16.5. The van der Waals surface area contributed by atoms with E-state index in [1.54, 1.807) is 13.3 Å². The third kappa shape index (κ3) is 2.68. The fourth-order valence-corrected chi connectivity index (χ4v) is 1.27. The molecule has 1 heterocycles. The van der Waals surface area contributed by atoms with Gasteiger partial charge in [0.1, 0.15) is 5.82 Å². The van der Waals surface area contributed by atoms with Gasteiger partial charge in [-0.1, -0.05) is 6.07 Å². The predicted octanol–water partition coefficient (Wildman–Crippen LogP) is 0.623. The number of ether oxygens (including phenoxy) is 1. The Morgan fingerprint density at radius 2 is 2.36 bits per heavy atom. The zero-order valence-corrected chi connectivity index (χ0v) is 8.73. The molecular formula is C10H17N3O. The minimum atomic E-state index is 0.514. The number of rotatable bonds is 5. The van der Waals surface area contributed by atoms with Crippen LogP contribution in [-0.4, -0.2) is 32.3 Å². The molecule has 78 valence electrons. The maximum Gasteiger partial charge on any atom is 0.132 e. The van der Waals surface area contributed by atoms with Crippen LogP contribution in [0, 0.1) is 0 Å². The highest BCUT2D eigenvalue weighted by Gasteiger charge is 2.06. The van der Waals surface area contributed by atoms with Gasteiger partial charge in [0.15, 0.2) is 0 Å². The van der Waals surface area contributed by atoms with Crippen molar-refractivity contribution < 1.29 is 4.74 Å². The average Bonchev–Trinajstić information content (AvgIpc) is 2.25. The van der Waals surface area contributed by atoms with Gasteiger partial charge >= 0.3 is 0 Å². The molecule has 0 saturated carbocycles. The molecule has 0 aliphatic carbocycles. The second-order valence-corrected chi connectivity index (χ2v) is 3.10. The maximum absolute atomic E-state index is 5.62. The fourth-order valence-electron chi connectivity index (χ4n) is 1.27. The van der Waals surface area contributed by atoms with Crippen LogP contribution >= 0.6 is 0 Å². The molecule has 1 aromatic rings. The van der Waals surface area contributed by atoms with Gasteiger partial charge in [-0.15, -0.1) is 0 Å². The summed E-state index contributed by atoms with van der Waals surface area (Å²) < 4.78 is 5.01. The number of nitrogens with zero attached hydrogens (tertiary/aromatic N) is 2. The Labute approximate surface area is 84.7 Å². The first kappa shape index (κ1) is 10.9. The number of pyridine rings is 1. The van der Waals surface area contributed by atoms with Gasteiger partial charge in [0.25, 0.3) is 0 Å². The first-order valence-corrected chi connectivity index (χ1v) is 4.63. The van der Waals surface area contributed by atoms with Gasteiger partial charge in [0.05, 0.1) is 6.61 Å². The van der Waals surface area contributed by atoms with Crippen LogP contribution in [0.5, 0.6) is 0 Å². The van der Waals surface area contributed by atoms with Crippen molar-refractivity contribution in [2.75, 3.05) is 32.2 Å². The Morgan fingerprint density at radius 3 is 3.00 bits per heavy atom. The number of anilines is 1. The topological polar surface area (TPSA) is 51.4 Å². The summed E-state index contributed by atoms with van der Waals surface area (Å²) in [5.74, 6) is 0.937. The standard InChI is InChI=1S/C10H17N3O/c1-13(6-7-14-2)10-9(8-11)4-3-5-12-10/h3-5H,6-8,11H2,1-2H3. The Balaban J connectivity index is 2.72. The number of aromatic nitrogens is 1. The van der Waals surface area contributed by atoms with Crippen molar-refractivity contribution in [1.29, 1.82) is 0 Å². The molecule has 0 radical (unpaired) electrons. The fraction of sp³-hybridized carbons (Fsp3) is 0.500. The quantitative estimate of drug-likeness (QED) is 0.748. The van der Waals surface area contributed by atoms with E-state index in [9.17, 15) is 0 Å². The van der Waals surface area contributed by atoms with Crippen molar-refractivity contribution in [3.8, 4) is 0 Å². The van der Waals surface area contributed by atoms with Crippen molar-refractivity contribution in [2.24, 2.45) is 5.73 Å². The lowest BCUT2D eigenvalue weighted by Gasteiger charge is -2.19. The van der Waals surface area contributed by atoms with Gasteiger partial charge in [0.2, 0.25) is 0 Å². The normalized spacial score (nSPS) is 10.2. The molecule has 0 aliphatic rings. The Kier molecular flexibility index (Phi) is 4.35. The van der Waals surface area contributed by atoms with Crippen LogP contribution in [0.2, 0.25) is 0 Å². The van der Waals surface area contributed by atoms with Crippen molar-refractivity contribution in [1.82, 2.24) is 4.98 Å². The predicted molar refractivity (Wildman–Crippen MR) is 57.3 cm³/mol. The molecule has 0 amide bonds. The minimum absolute atomic E-state index is 0.514. The number of nitrogens with two attached hydrogens (primary N) is 1. The Bertz CT molecular complexity index is 278. The summed E-state index contributed by atoms with van der Waals surface area (Å²) in [7, 11) is 3.68. The molecule has 2 N–H and O–H groups in total. The first-order chi connectivity index (χ1) is 6.79.